The van der Waals surface area contributed by atoms with E-state index < -0.39 is 0 Å². The summed E-state index contributed by atoms with van der Waals surface area (Å²) in [6.45, 7) is 5.09. The van der Waals surface area contributed by atoms with E-state index in [1.165, 1.54) is 33.4 Å². The molecule has 0 N–H and O–H groups in total. The summed E-state index contributed by atoms with van der Waals surface area (Å²) in [6, 6.07) is 33.6. The van der Waals surface area contributed by atoms with Gasteiger partial charge in [-0.15, -0.1) is 0 Å². The highest BCUT2D eigenvalue weighted by Gasteiger charge is 2.05. The van der Waals surface area contributed by atoms with Crippen LogP contribution in [0.3, 0.4) is 0 Å². The predicted octanol–water partition coefficient (Wildman–Crippen LogP) is 7.29. The van der Waals surface area contributed by atoms with Crippen LogP contribution in [-0.2, 0) is 23.0 Å². The van der Waals surface area contributed by atoms with Crippen molar-refractivity contribution >= 4 is 0 Å². The van der Waals surface area contributed by atoms with Crippen LogP contribution in [0.1, 0.15) is 22.3 Å². The molecule has 2 nitrogen and oxygen atoms in total. The molecule has 0 aliphatic carbocycles. The summed E-state index contributed by atoms with van der Waals surface area (Å²) in [6.07, 6.45) is 0. The van der Waals surface area contributed by atoms with E-state index in [1.54, 1.807) is 0 Å². The van der Waals surface area contributed by atoms with E-state index in [2.05, 4.69) is 111 Å². The van der Waals surface area contributed by atoms with E-state index in [9.17, 15) is 0 Å². The molecule has 4 aromatic carbocycles. The van der Waals surface area contributed by atoms with Gasteiger partial charge in [-0.05, 0) is 70.5 Å². The SMILES string of the molecule is Cc1ccccc1-c1cccc(COOCc2cccc(-c3ccccc3C)c2)c1. The zero-order chi connectivity index (χ0) is 20.8. The van der Waals surface area contributed by atoms with Crippen LogP contribution >= 0.6 is 0 Å². The van der Waals surface area contributed by atoms with Crippen molar-refractivity contribution in [2.75, 3.05) is 0 Å². The van der Waals surface area contributed by atoms with Crippen LogP contribution in [0.2, 0.25) is 0 Å². The average Bonchev–Trinajstić information content (AvgIpc) is 2.78. The Morgan fingerprint density at radius 2 is 0.933 bits per heavy atom. The highest BCUT2D eigenvalue weighted by molar-refractivity contribution is 5.68. The maximum absolute atomic E-state index is 5.51. The molecule has 0 atom stereocenters. The van der Waals surface area contributed by atoms with E-state index in [1.807, 2.05) is 0 Å². The molecule has 4 aromatic rings. The molecule has 2 heteroatoms. The molecule has 0 aliphatic heterocycles. The van der Waals surface area contributed by atoms with Crippen LogP contribution in [0.4, 0.5) is 0 Å². The van der Waals surface area contributed by atoms with Gasteiger partial charge >= 0.3 is 0 Å². The minimum absolute atomic E-state index is 0.414. The molecule has 0 saturated carbocycles. The first-order valence-corrected chi connectivity index (χ1v) is 10.2. The van der Waals surface area contributed by atoms with E-state index in [0.29, 0.717) is 13.2 Å². The molecule has 0 saturated heterocycles. The van der Waals surface area contributed by atoms with Crippen LogP contribution in [0.25, 0.3) is 22.3 Å². The third-order valence-electron chi connectivity index (χ3n) is 5.30. The second-order valence-corrected chi connectivity index (χ2v) is 7.55. The van der Waals surface area contributed by atoms with Crippen molar-refractivity contribution in [3.63, 3.8) is 0 Å². The number of rotatable bonds is 7. The van der Waals surface area contributed by atoms with Crippen LogP contribution in [-0.4, -0.2) is 0 Å². The molecule has 0 unspecified atom stereocenters. The molecule has 0 bridgehead atoms. The van der Waals surface area contributed by atoms with Gasteiger partial charge in [-0.3, -0.25) is 0 Å². The molecule has 0 amide bonds. The molecule has 0 heterocycles. The zero-order valence-electron chi connectivity index (χ0n) is 17.5. The quantitative estimate of drug-likeness (QED) is 0.186. The first-order chi connectivity index (χ1) is 14.7. The number of benzene rings is 4. The number of hydrogen-bond donors (Lipinski definition) is 0. The molecular formula is C28H26O2. The molecule has 4 rings (SSSR count). The Morgan fingerprint density at radius 1 is 0.500 bits per heavy atom. The van der Waals surface area contributed by atoms with Crippen LogP contribution < -0.4 is 0 Å². The lowest BCUT2D eigenvalue weighted by Gasteiger charge is -2.10. The second-order valence-electron chi connectivity index (χ2n) is 7.55. The molecule has 0 aromatic heterocycles. The van der Waals surface area contributed by atoms with Gasteiger partial charge in [-0.1, -0.05) is 84.9 Å². The normalized spacial score (nSPS) is 10.9. The van der Waals surface area contributed by atoms with Gasteiger partial charge in [0.25, 0.3) is 0 Å². The Kier molecular flexibility index (Phi) is 6.38. The zero-order valence-corrected chi connectivity index (χ0v) is 17.5. The average molecular weight is 395 g/mol. The topological polar surface area (TPSA) is 18.5 Å². The maximum atomic E-state index is 5.51. The van der Waals surface area contributed by atoms with Gasteiger partial charge in [0, 0.05) is 0 Å². The Bertz CT molecular complexity index is 1040. The van der Waals surface area contributed by atoms with Crippen molar-refractivity contribution < 1.29 is 9.78 Å². The Hall–Kier alpha value is -3.20. The van der Waals surface area contributed by atoms with Crippen LogP contribution in [0, 0.1) is 13.8 Å². The minimum Gasteiger partial charge on any atom is -0.232 e. The summed E-state index contributed by atoms with van der Waals surface area (Å²) in [7, 11) is 0. The van der Waals surface area contributed by atoms with Gasteiger partial charge in [0.2, 0.25) is 0 Å². The van der Waals surface area contributed by atoms with Crippen molar-refractivity contribution in [3.05, 3.63) is 119 Å². The van der Waals surface area contributed by atoms with E-state index in [0.717, 1.165) is 11.1 Å². The van der Waals surface area contributed by atoms with Gasteiger partial charge in [0.05, 0.1) is 0 Å². The van der Waals surface area contributed by atoms with Gasteiger partial charge in [-0.25, -0.2) is 9.78 Å². The first kappa shape index (κ1) is 20.1. The van der Waals surface area contributed by atoms with Gasteiger partial charge in [0.15, 0.2) is 0 Å². The maximum Gasteiger partial charge on any atom is 0.107 e. The molecule has 0 fully saturated rings. The van der Waals surface area contributed by atoms with Crippen molar-refractivity contribution in [3.8, 4) is 22.3 Å². The summed E-state index contributed by atoms with van der Waals surface area (Å²) in [5.74, 6) is 0. The van der Waals surface area contributed by atoms with Crippen molar-refractivity contribution in [2.24, 2.45) is 0 Å². The van der Waals surface area contributed by atoms with Crippen molar-refractivity contribution in [1.29, 1.82) is 0 Å². The summed E-state index contributed by atoms with van der Waals surface area (Å²) in [4.78, 5) is 11.0. The van der Waals surface area contributed by atoms with Crippen molar-refractivity contribution in [2.45, 2.75) is 27.1 Å². The number of hydrogen-bond acceptors (Lipinski definition) is 2. The lowest BCUT2D eigenvalue weighted by molar-refractivity contribution is -0.313. The van der Waals surface area contributed by atoms with E-state index in [-0.39, 0.29) is 0 Å². The van der Waals surface area contributed by atoms with Gasteiger partial charge < -0.3 is 0 Å². The predicted molar refractivity (Wildman–Crippen MR) is 123 cm³/mol. The third-order valence-corrected chi connectivity index (χ3v) is 5.30. The summed E-state index contributed by atoms with van der Waals surface area (Å²) < 4.78 is 0. The standard InChI is InChI=1S/C28H26O2/c1-21-9-3-5-15-27(21)25-13-7-11-23(17-25)19-29-30-20-24-12-8-14-26(18-24)28-16-6-4-10-22(28)2/h3-18H,19-20H2,1-2H3. The fourth-order valence-electron chi connectivity index (χ4n) is 3.67. The molecule has 0 radical (unpaired) electrons. The number of aryl methyl sites for hydroxylation is 2. The third kappa shape index (κ3) is 4.85. The molecular weight excluding hydrogens is 368 g/mol. The Balaban J connectivity index is 1.36. The fourth-order valence-corrected chi connectivity index (χ4v) is 3.67. The highest BCUT2D eigenvalue weighted by Crippen LogP contribution is 2.25. The second kappa shape index (κ2) is 9.53. The van der Waals surface area contributed by atoms with Gasteiger partial charge in [-0.2, -0.15) is 0 Å². The largest absolute Gasteiger partial charge is 0.232 e. The first-order valence-electron chi connectivity index (χ1n) is 10.2. The highest BCUT2D eigenvalue weighted by atomic mass is 17.2. The van der Waals surface area contributed by atoms with Crippen molar-refractivity contribution in [1.82, 2.24) is 0 Å². The molecule has 30 heavy (non-hydrogen) atoms. The molecule has 150 valence electrons. The summed E-state index contributed by atoms with van der Waals surface area (Å²) in [5.41, 5.74) is 9.58. The fraction of sp³-hybridized carbons (Fsp3) is 0.143. The Morgan fingerprint density at radius 3 is 1.37 bits per heavy atom. The molecule has 0 spiro atoms. The lowest BCUT2D eigenvalue weighted by Crippen LogP contribution is -1.97. The smallest absolute Gasteiger partial charge is 0.107 e. The van der Waals surface area contributed by atoms with Gasteiger partial charge in [0.1, 0.15) is 13.2 Å². The van der Waals surface area contributed by atoms with E-state index >= 15 is 0 Å². The summed E-state index contributed by atoms with van der Waals surface area (Å²) >= 11 is 0. The van der Waals surface area contributed by atoms with Crippen LogP contribution in [0.5, 0.6) is 0 Å². The summed E-state index contributed by atoms with van der Waals surface area (Å²) in [5, 5.41) is 0. The van der Waals surface area contributed by atoms with Crippen LogP contribution in [0.15, 0.2) is 97.1 Å². The lowest BCUT2D eigenvalue weighted by atomic mass is 9.99. The van der Waals surface area contributed by atoms with E-state index in [4.69, 9.17) is 9.78 Å². The monoisotopic (exact) mass is 394 g/mol. The minimum atomic E-state index is 0.414. The Labute approximate surface area is 178 Å². The molecule has 0 aliphatic rings.